The maximum Gasteiger partial charge on any atom is 0.0427 e. The Morgan fingerprint density at radius 1 is 1.05 bits per heavy atom. The molecule has 1 rings (SSSR count). The van der Waals surface area contributed by atoms with Crippen molar-refractivity contribution >= 4 is 0 Å². The van der Waals surface area contributed by atoms with Crippen LogP contribution in [0.5, 0.6) is 0 Å². The van der Waals surface area contributed by atoms with Crippen molar-refractivity contribution in [1.82, 2.24) is 4.90 Å². The first-order valence-corrected chi connectivity index (χ1v) is 8.45. The second-order valence-corrected chi connectivity index (χ2v) is 6.78. The van der Waals surface area contributed by atoms with Crippen molar-refractivity contribution in [2.75, 3.05) is 13.1 Å². The molecule has 120 valence electrons. The van der Waals surface area contributed by atoms with Gasteiger partial charge in [0.1, 0.15) is 0 Å². The highest BCUT2D eigenvalue weighted by atomic mass is 15.2. The van der Waals surface area contributed by atoms with E-state index in [4.69, 9.17) is 5.73 Å². The normalized spacial score (nSPS) is 13.4. The highest BCUT2D eigenvalue weighted by Crippen LogP contribution is 2.21. The lowest BCUT2D eigenvalue weighted by molar-refractivity contribution is 0.156. The topological polar surface area (TPSA) is 29.3 Å². The van der Waals surface area contributed by atoms with Crippen molar-refractivity contribution in [3.05, 3.63) is 34.9 Å². The van der Waals surface area contributed by atoms with Crippen molar-refractivity contribution in [3.8, 4) is 0 Å². The van der Waals surface area contributed by atoms with Crippen LogP contribution in [0, 0.1) is 19.8 Å². The third kappa shape index (κ3) is 5.44. The van der Waals surface area contributed by atoms with Crippen molar-refractivity contribution in [2.24, 2.45) is 11.7 Å². The Morgan fingerprint density at radius 2 is 1.67 bits per heavy atom. The van der Waals surface area contributed by atoms with E-state index in [9.17, 15) is 0 Å². The quantitative estimate of drug-likeness (QED) is 0.766. The van der Waals surface area contributed by atoms with E-state index in [1.165, 1.54) is 29.5 Å². The largest absolute Gasteiger partial charge is 0.323 e. The van der Waals surface area contributed by atoms with Crippen LogP contribution in [0.3, 0.4) is 0 Å². The molecule has 1 atom stereocenters. The molecule has 0 aliphatic carbocycles. The minimum Gasteiger partial charge on any atom is -0.323 e. The predicted molar refractivity (Wildman–Crippen MR) is 93.6 cm³/mol. The Bertz CT molecular complexity index is 422. The van der Waals surface area contributed by atoms with Gasteiger partial charge < -0.3 is 5.73 Å². The lowest BCUT2D eigenvalue weighted by atomic mass is 9.97. The molecular formula is C19H34N2. The van der Waals surface area contributed by atoms with Gasteiger partial charge in [0.15, 0.2) is 0 Å². The molecule has 0 aliphatic heterocycles. The molecule has 1 aromatic carbocycles. The van der Waals surface area contributed by atoms with Gasteiger partial charge in [0.25, 0.3) is 0 Å². The summed E-state index contributed by atoms with van der Waals surface area (Å²) in [5, 5.41) is 0. The van der Waals surface area contributed by atoms with E-state index < -0.39 is 0 Å². The van der Waals surface area contributed by atoms with Gasteiger partial charge in [-0.3, -0.25) is 4.90 Å². The summed E-state index contributed by atoms with van der Waals surface area (Å²) in [6.45, 7) is 15.5. The molecule has 0 bridgehead atoms. The van der Waals surface area contributed by atoms with Crippen molar-refractivity contribution in [2.45, 2.75) is 66.5 Å². The van der Waals surface area contributed by atoms with Crippen LogP contribution in [0.1, 0.15) is 63.3 Å². The molecular weight excluding hydrogens is 256 g/mol. The number of hydrogen-bond donors (Lipinski definition) is 1. The van der Waals surface area contributed by atoms with Gasteiger partial charge in [-0.05, 0) is 43.7 Å². The van der Waals surface area contributed by atoms with Gasteiger partial charge in [-0.2, -0.15) is 0 Å². The third-order valence-electron chi connectivity index (χ3n) is 4.32. The molecule has 2 heteroatoms. The number of benzene rings is 1. The van der Waals surface area contributed by atoms with E-state index in [1.54, 1.807) is 0 Å². The highest BCUT2D eigenvalue weighted by Gasteiger charge is 2.20. The Balaban J connectivity index is 2.88. The summed E-state index contributed by atoms with van der Waals surface area (Å²) in [7, 11) is 0. The molecule has 1 unspecified atom stereocenters. The Kier molecular flexibility index (Phi) is 7.41. The van der Waals surface area contributed by atoms with E-state index in [0.717, 1.165) is 13.1 Å². The lowest BCUT2D eigenvalue weighted by Gasteiger charge is -2.34. The predicted octanol–water partition coefficient (Wildman–Crippen LogP) is 4.45. The molecule has 1 aromatic rings. The SMILES string of the molecule is CCC(CC)N(CC(C)C)CC(N)c1cc(C)ccc1C. The fourth-order valence-corrected chi connectivity index (χ4v) is 3.16. The zero-order valence-corrected chi connectivity index (χ0v) is 14.8. The summed E-state index contributed by atoms with van der Waals surface area (Å²) >= 11 is 0. The molecule has 21 heavy (non-hydrogen) atoms. The molecule has 0 saturated carbocycles. The summed E-state index contributed by atoms with van der Waals surface area (Å²) in [4.78, 5) is 2.59. The minimum absolute atomic E-state index is 0.101. The van der Waals surface area contributed by atoms with Crippen molar-refractivity contribution in [1.29, 1.82) is 0 Å². The minimum atomic E-state index is 0.101. The fraction of sp³-hybridized carbons (Fsp3) is 0.684. The smallest absolute Gasteiger partial charge is 0.0427 e. The maximum absolute atomic E-state index is 6.55. The highest BCUT2D eigenvalue weighted by molar-refractivity contribution is 5.33. The van der Waals surface area contributed by atoms with Crippen LogP contribution in [-0.2, 0) is 0 Å². The van der Waals surface area contributed by atoms with E-state index in [0.29, 0.717) is 12.0 Å². The fourth-order valence-electron chi connectivity index (χ4n) is 3.16. The summed E-state index contributed by atoms with van der Waals surface area (Å²) < 4.78 is 0. The number of aryl methyl sites for hydroxylation is 2. The van der Waals surface area contributed by atoms with Gasteiger partial charge in [0, 0.05) is 25.2 Å². The number of nitrogens with zero attached hydrogens (tertiary/aromatic N) is 1. The van der Waals surface area contributed by atoms with Gasteiger partial charge in [0.2, 0.25) is 0 Å². The van der Waals surface area contributed by atoms with E-state index in [2.05, 4.69) is 64.6 Å². The van der Waals surface area contributed by atoms with Crippen LogP contribution in [-0.4, -0.2) is 24.0 Å². The molecule has 0 spiro atoms. The summed E-state index contributed by atoms with van der Waals surface area (Å²) in [6, 6.07) is 7.35. The van der Waals surface area contributed by atoms with E-state index in [-0.39, 0.29) is 6.04 Å². The Labute approximate surface area is 131 Å². The average molecular weight is 290 g/mol. The van der Waals surface area contributed by atoms with Gasteiger partial charge in [-0.25, -0.2) is 0 Å². The van der Waals surface area contributed by atoms with E-state index in [1.807, 2.05) is 0 Å². The average Bonchev–Trinajstić information content (AvgIpc) is 2.42. The van der Waals surface area contributed by atoms with Crippen molar-refractivity contribution in [3.63, 3.8) is 0 Å². The Morgan fingerprint density at radius 3 is 2.19 bits per heavy atom. The number of rotatable bonds is 8. The van der Waals surface area contributed by atoms with E-state index >= 15 is 0 Å². The summed E-state index contributed by atoms with van der Waals surface area (Å²) in [6.07, 6.45) is 2.39. The maximum atomic E-state index is 6.55. The molecule has 0 fully saturated rings. The van der Waals surface area contributed by atoms with Gasteiger partial charge in [-0.15, -0.1) is 0 Å². The molecule has 2 N–H and O–H groups in total. The standard InChI is InChI=1S/C19H34N2/c1-7-17(8-2)21(12-14(3)4)13-19(20)18-11-15(5)9-10-16(18)6/h9-11,14,17,19H,7-8,12-13,20H2,1-6H3. The van der Waals surface area contributed by atoms with Crippen molar-refractivity contribution < 1.29 is 0 Å². The molecule has 0 aromatic heterocycles. The molecule has 0 radical (unpaired) electrons. The third-order valence-corrected chi connectivity index (χ3v) is 4.32. The molecule has 0 heterocycles. The van der Waals surface area contributed by atoms with Crippen LogP contribution in [0.4, 0.5) is 0 Å². The van der Waals surface area contributed by atoms with Crippen LogP contribution in [0.15, 0.2) is 18.2 Å². The lowest BCUT2D eigenvalue weighted by Crippen LogP contribution is -2.41. The van der Waals surface area contributed by atoms with Gasteiger partial charge in [-0.1, -0.05) is 51.5 Å². The first-order chi connectivity index (χ1) is 9.88. The second kappa shape index (κ2) is 8.55. The molecule has 2 nitrogen and oxygen atoms in total. The zero-order chi connectivity index (χ0) is 16.0. The van der Waals surface area contributed by atoms with Crippen LogP contribution in [0.25, 0.3) is 0 Å². The summed E-state index contributed by atoms with van der Waals surface area (Å²) in [5.41, 5.74) is 10.5. The first kappa shape index (κ1) is 18.2. The zero-order valence-electron chi connectivity index (χ0n) is 14.8. The van der Waals surface area contributed by atoms with Gasteiger partial charge in [0.05, 0.1) is 0 Å². The summed E-state index contributed by atoms with van der Waals surface area (Å²) in [5.74, 6) is 0.677. The van der Waals surface area contributed by atoms with Crippen LogP contribution in [0.2, 0.25) is 0 Å². The first-order valence-electron chi connectivity index (χ1n) is 8.45. The number of hydrogen-bond acceptors (Lipinski definition) is 2. The molecule has 0 saturated heterocycles. The number of nitrogens with two attached hydrogens (primary N) is 1. The molecule has 0 aliphatic rings. The second-order valence-electron chi connectivity index (χ2n) is 6.78. The van der Waals surface area contributed by atoms with Crippen LogP contribution >= 0.6 is 0 Å². The van der Waals surface area contributed by atoms with Crippen LogP contribution < -0.4 is 5.73 Å². The Hall–Kier alpha value is -0.860. The van der Waals surface area contributed by atoms with Gasteiger partial charge >= 0.3 is 0 Å². The monoisotopic (exact) mass is 290 g/mol. The molecule has 0 amide bonds.